The Bertz CT molecular complexity index is 162. The predicted octanol–water partition coefficient (Wildman–Crippen LogP) is 1.44. The molecule has 0 atom stereocenters. The summed E-state index contributed by atoms with van der Waals surface area (Å²) < 4.78 is 5.21. The molecule has 10 heavy (non-hydrogen) atoms. The monoisotopic (exact) mass is 146 g/mol. The van der Waals surface area contributed by atoms with Gasteiger partial charge in [-0.3, -0.25) is 0 Å². The van der Waals surface area contributed by atoms with Crippen molar-refractivity contribution in [3.8, 4) is 5.75 Å². The van der Waals surface area contributed by atoms with Crippen LogP contribution >= 0.6 is 0 Å². The molecule has 0 fully saturated rings. The molecule has 1 rings (SSSR count). The van der Waals surface area contributed by atoms with Crippen molar-refractivity contribution in [1.29, 1.82) is 0 Å². The summed E-state index contributed by atoms with van der Waals surface area (Å²) in [4.78, 5) is 0. The van der Waals surface area contributed by atoms with Gasteiger partial charge in [0.15, 0.2) is 0 Å². The molecular formula is C8H11NaO. The summed E-state index contributed by atoms with van der Waals surface area (Å²) in [6.07, 6.45) is 0. The Labute approximate surface area is 83.7 Å². The van der Waals surface area contributed by atoms with Gasteiger partial charge in [0.05, 0.1) is 6.61 Å². The average Bonchev–Trinajstić information content (AvgIpc) is 1.91. The van der Waals surface area contributed by atoms with Crippen molar-refractivity contribution in [1.82, 2.24) is 0 Å². The fourth-order valence-electron chi connectivity index (χ4n) is 0.683. The SMILES string of the molecule is CCOc1ccccc1.[NaH]. The Morgan fingerprint density at radius 2 is 1.80 bits per heavy atom. The quantitative estimate of drug-likeness (QED) is 0.573. The first kappa shape index (κ1) is 10.0. The number of benzene rings is 1. The number of ether oxygens (including phenoxy) is 1. The van der Waals surface area contributed by atoms with E-state index < -0.39 is 0 Å². The standard InChI is InChI=1S/C8H10O.Na.H/c1-2-9-8-6-4-3-5-7-8;;/h3-7H,2H2,1H3;;. The van der Waals surface area contributed by atoms with E-state index in [1.807, 2.05) is 37.3 Å². The summed E-state index contributed by atoms with van der Waals surface area (Å²) >= 11 is 0. The van der Waals surface area contributed by atoms with E-state index in [0.29, 0.717) is 0 Å². The normalized spacial score (nSPS) is 8.10. The van der Waals surface area contributed by atoms with Gasteiger partial charge in [0.25, 0.3) is 0 Å². The molecular weight excluding hydrogens is 135 g/mol. The number of rotatable bonds is 2. The van der Waals surface area contributed by atoms with Gasteiger partial charge in [-0.25, -0.2) is 0 Å². The molecule has 0 spiro atoms. The van der Waals surface area contributed by atoms with Crippen molar-refractivity contribution in [2.75, 3.05) is 6.61 Å². The Kier molecular flexibility index (Phi) is 5.79. The first-order chi connectivity index (χ1) is 4.43. The van der Waals surface area contributed by atoms with E-state index in [4.69, 9.17) is 4.74 Å². The van der Waals surface area contributed by atoms with Crippen LogP contribution in [0.5, 0.6) is 5.75 Å². The van der Waals surface area contributed by atoms with Gasteiger partial charge in [0.2, 0.25) is 0 Å². The van der Waals surface area contributed by atoms with Crippen LogP contribution in [0.1, 0.15) is 6.92 Å². The van der Waals surface area contributed by atoms with Crippen molar-refractivity contribution in [3.05, 3.63) is 30.3 Å². The van der Waals surface area contributed by atoms with Crippen LogP contribution < -0.4 is 4.74 Å². The minimum absolute atomic E-state index is 0. The van der Waals surface area contributed by atoms with Gasteiger partial charge in [-0.1, -0.05) is 18.2 Å². The van der Waals surface area contributed by atoms with E-state index >= 15 is 0 Å². The Balaban J connectivity index is 0.000000810. The molecule has 1 nitrogen and oxygen atoms in total. The second kappa shape index (κ2) is 5.78. The van der Waals surface area contributed by atoms with E-state index in [1.165, 1.54) is 0 Å². The molecule has 0 unspecified atom stereocenters. The zero-order valence-electron chi connectivity index (χ0n) is 5.50. The minimum atomic E-state index is 0. The number of para-hydroxylation sites is 1. The summed E-state index contributed by atoms with van der Waals surface area (Å²) in [6.45, 7) is 2.72. The van der Waals surface area contributed by atoms with E-state index in [0.717, 1.165) is 12.4 Å². The molecule has 50 valence electrons. The molecule has 0 aromatic heterocycles. The van der Waals surface area contributed by atoms with E-state index in [-0.39, 0.29) is 29.6 Å². The van der Waals surface area contributed by atoms with Crippen LogP contribution in [0.4, 0.5) is 0 Å². The van der Waals surface area contributed by atoms with Gasteiger partial charge in [-0.05, 0) is 19.1 Å². The van der Waals surface area contributed by atoms with E-state index in [9.17, 15) is 0 Å². The van der Waals surface area contributed by atoms with E-state index in [2.05, 4.69) is 0 Å². The number of hydrogen-bond donors (Lipinski definition) is 0. The molecule has 0 saturated carbocycles. The van der Waals surface area contributed by atoms with Crippen LogP contribution in [0.25, 0.3) is 0 Å². The van der Waals surface area contributed by atoms with Crippen molar-refractivity contribution in [3.63, 3.8) is 0 Å². The van der Waals surface area contributed by atoms with Crippen LogP contribution in [0.2, 0.25) is 0 Å². The second-order valence-corrected chi connectivity index (χ2v) is 1.75. The van der Waals surface area contributed by atoms with Crippen LogP contribution in [0.15, 0.2) is 30.3 Å². The first-order valence-electron chi connectivity index (χ1n) is 3.11. The summed E-state index contributed by atoms with van der Waals surface area (Å²) in [5, 5.41) is 0. The molecule has 1 aromatic rings. The topological polar surface area (TPSA) is 9.23 Å². The summed E-state index contributed by atoms with van der Waals surface area (Å²) in [5.74, 6) is 0.944. The Hall–Kier alpha value is 0.0200. The molecule has 0 bridgehead atoms. The van der Waals surface area contributed by atoms with Gasteiger partial charge in [-0.15, -0.1) is 0 Å². The first-order valence-corrected chi connectivity index (χ1v) is 3.11. The molecule has 1 aromatic carbocycles. The summed E-state index contributed by atoms with van der Waals surface area (Å²) in [6, 6.07) is 9.80. The fourth-order valence-corrected chi connectivity index (χ4v) is 0.683. The average molecular weight is 146 g/mol. The van der Waals surface area contributed by atoms with Crippen molar-refractivity contribution in [2.24, 2.45) is 0 Å². The van der Waals surface area contributed by atoms with Gasteiger partial charge in [0, 0.05) is 0 Å². The van der Waals surface area contributed by atoms with Gasteiger partial charge in [0.1, 0.15) is 5.75 Å². The fraction of sp³-hybridized carbons (Fsp3) is 0.250. The number of hydrogen-bond acceptors (Lipinski definition) is 1. The van der Waals surface area contributed by atoms with Gasteiger partial charge in [-0.2, -0.15) is 0 Å². The van der Waals surface area contributed by atoms with Crippen molar-refractivity contribution >= 4 is 29.6 Å². The van der Waals surface area contributed by atoms with Gasteiger partial charge < -0.3 is 4.74 Å². The zero-order chi connectivity index (χ0) is 6.53. The maximum absolute atomic E-state index is 5.21. The molecule has 0 radical (unpaired) electrons. The van der Waals surface area contributed by atoms with Crippen LogP contribution in [0.3, 0.4) is 0 Å². The third kappa shape index (κ3) is 3.25. The summed E-state index contributed by atoms with van der Waals surface area (Å²) in [5.41, 5.74) is 0. The zero-order valence-corrected chi connectivity index (χ0v) is 5.50. The molecule has 0 heterocycles. The molecule has 0 saturated heterocycles. The second-order valence-electron chi connectivity index (χ2n) is 1.75. The molecule has 0 aliphatic rings. The summed E-state index contributed by atoms with van der Waals surface area (Å²) in [7, 11) is 0. The maximum atomic E-state index is 5.21. The molecule has 2 heteroatoms. The Morgan fingerprint density at radius 3 is 2.30 bits per heavy atom. The van der Waals surface area contributed by atoms with Crippen molar-refractivity contribution in [2.45, 2.75) is 6.92 Å². The van der Waals surface area contributed by atoms with Crippen molar-refractivity contribution < 1.29 is 4.74 Å². The van der Waals surface area contributed by atoms with Crippen LogP contribution in [-0.4, -0.2) is 36.2 Å². The molecule has 0 N–H and O–H groups in total. The van der Waals surface area contributed by atoms with Gasteiger partial charge >= 0.3 is 29.6 Å². The third-order valence-corrected chi connectivity index (χ3v) is 1.05. The van der Waals surface area contributed by atoms with Crippen LogP contribution in [0, 0.1) is 0 Å². The molecule has 0 amide bonds. The van der Waals surface area contributed by atoms with Crippen LogP contribution in [-0.2, 0) is 0 Å². The predicted molar refractivity (Wildman–Crippen MR) is 44.8 cm³/mol. The third-order valence-electron chi connectivity index (χ3n) is 1.05. The molecule has 0 aliphatic heterocycles. The molecule has 0 aliphatic carbocycles. The Morgan fingerprint density at radius 1 is 1.20 bits per heavy atom. The van der Waals surface area contributed by atoms with E-state index in [1.54, 1.807) is 0 Å².